The monoisotopic (exact) mass is 258 g/mol. The predicted octanol–water partition coefficient (Wildman–Crippen LogP) is 0.509. The molecule has 104 valence electrons. The number of carboxylic acid groups (broad SMARTS) is 1. The van der Waals surface area contributed by atoms with Crippen molar-refractivity contribution in [2.45, 2.75) is 32.7 Å². The lowest BCUT2D eigenvalue weighted by Crippen LogP contribution is -2.46. The fourth-order valence-corrected chi connectivity index (χ4v) is 2.16. The van der Waals surface area contributed by atoms with E-state index in [0.29, 0.717) is 25.4 Å². The van der Waals surface area contributed by atoms with Crippen molar-refractivity contribution in [2.24, 2.45) is 11.8 Å². The minimum atomic E-state index is -0.854. The first-order chi connectivity index (χ1) is 8.47. The van der Waals surface area contributed by atoms with Crippen molar-refractivity contribution in [1.82, 2.24) is 10.2 Å². The quantitative estimate of drug-likeness (QED) is 0.670. The Morgan fingerprint density at radius 2 is 2.17 bits per heavy atom. The predicted molar refractivity (Wildman–Crippen MR) is 66.2 cm³/mol. The van der Waals surface area contributed by atoms with E-state index >= 15 is 0 Å². The highest BCUT2D eigenvalue weighted by atomic mass is 16.4. The molecule has 0 spiro atoms. The van der Waals surface area contributed by atoms with E-state index in [1.54, 1.807) is 11.8 Å². The molecule has 0 aliphatic carbocycles. The summed E-state index contributed by atoms with van der Waals surface area (Å²) in [5.41, 5.74) is 0. The summed E-state index contributed by atoms with van der Waals surface area (Å²) in [4.78, 5) is 24.1. The van der Waals surface area contributed by atoms with Crippen LogP contribution in [-0.4, -0.2) is 52.9 Å². The number of urea groups is 1. The van der Waals surface area contributed by atoms with Gasteiger partial charge in [-0.1, -0.05) is 13.8 Å². The maximum Gasteiger partial charge on any atom is 0.317 e. The van der Waals surface area contributed by atoms with Crippen LogP contribution in [0.2, 0.25) is 0 Å². The maximum absolute atomic E-state index is 11.9. The third-order valence-corrected chi connectivity index (χ3v) is 3.61. The number of amides is 2. The lowest BCUT2D eigenvalue weighted by atomic mass is 10.0. The van der Waals surface area contributed by atoms with Crippen molar-refractivity contribution in [1.29, 1.82) is 0 Å². The van der Waals surface area contributed by atoms with Crippen LogP contribution in [0.15, 0.2) is 0 Å². The van der Waals surface area contributed by atoms with Crippen molar-refractivity contribution in [3.05, 3.63) is 0 Å². The van der Waals surface area contributed by atoms with Gasteiger partial charge in [0.1, 0.15) is 0 Å². The van der Waals surface area contributed by atoms with E-state index in [0.717, 1.165) is 6.42 Å². The normalized spacial score (nSPS) is 24.9. The van der Waals surface area contributed by atoms with Crippen molar-refractivity contribution >= 4 is 12.0 Å². The van der Waals surface area contributed by atoms with Gasteiger partial charge in [0.2, 0.25) is 0 Å². The number of hydrogen-bond donors (Lipinski definition) is 3. The molecule has 1 fully saturated rings. The Morgan fingerprint density at radius 3 is 2.72 bits per heavy atom. The molecule has 1 heterocycles. The molecule has 1 aliphatic rings. The summed E-state index contributed by atoms with van der Waals surface area (Å²) < 4.78 is 0. The van der Waals surface area contributed by atoms with Crippen LogP contribution in [0.25, 0.3) is 0 Å². The average Bonchev–Trinajstić information content (AvgIpc) is 2.69. The molecule has 0 radical (unpaired) electrons. The summed E-state index contributed by atoms with van der Waals surface area (Å²) in [6.45, 7) is 4.59. The molecule has 3 atom stereocenters. The highest BCUT2D eigenvalue weighted by Gasteiger charge is 2.33. The minimum absolute atomic E-state index is 0.0277. The van der Waals surface area contributed by atoms with Gasteiger partial charge in [-0.3, -0.25) is 4.79 Å². The zero-order valence-electron chi connectivity index (χ0n) is 10.9. The van der Waals surface area contributed by atoms with E-state index in [9.17, 15) is 14.7 Å². The van der Waals surface area contributed by atoms with Crippen LogP contribution < -0.4 is 5.32 Å². The van der Waals surface area contributed by atoms with Gasteiger partial charge in [-0.2, -0.15) is 0 Å². The number of nitrogens with zero attached hydrogens (tertiary/aromatic N) is 1. The number of carboxylic acids is 1. The van der Waals surface area contributed by atoms with Gasteiger partial charge >= 0.3 is 12.0 Å². The molecule has 0 bridgehead atoms. The maximum atomic E-state index is 11.9. The van der Waals surface area contributed by atoms with Crippen LogP contribution in [0.3, 0.4) is 0 Å². The molecule has 3 unspecified atom stereocenters. The third-order valence-electron chi connectivity index (χ3n) is 3.61. The van der Waals surface area contributed by atoms with Crippen LogP contribution in [0.4, 0.5) is 4.79 Å². The van der Waals surface area contributed by atoms with Gasteiger partial charge < -0.3 is 20.4 Å². The molecule has 1 aliphatic heterocycles. The molecule has 1 rings (SSSR count). The van der Waals surface area contributed by atoms with Gasteiger partial charge in [-0.15, -0.1) is 0 Å². The molecule has 2 amide bonds. The van der Waals surface area contributed by atoms with Crippen molar-refractivity contribution in [3.8, 4) is 0 Å². The summed E-state index contributed by atoms with van der Waals surface area (Å²) in [7, 11) is 0. The lowest BCUT2D eigenvalue weighted by Gasteiger charge is -2.25. The van der Waals surface area contributed by atoms with Gasteiger partial charge in [0, 0.05) is 13.1 Å². The highest BCUT2D eigenvalue weighted by Crippen LogP contribution is 2.23. The number of carbonyl (C=O) groups excluding carboxylic acids is 1. The zero-order chi connectivity index (χ0) is 13.7. The topological polar surface area (TPSA) is 89.9 Å². The van der Waals surface area contributed by atoms with E-state index in [1.807, 2.05) is 6.92 Å². The van der Waals surface area contributed by atoms with Crippen LogP contribution in [0.5, 0.6) is 0 Å². The van der Waals surface area contributed by atoms with Gasteiger partial charge in [-0.25, -0.2) is 4.79 Å². The second-order valence-corrected chi connectivity index (χ2v) is 4.97. The lowest BCUT2D eigenvalue weighted by molar-refractivity contribution is -0.141. The Kier molecular flexibility index (Phi) is 5.40. The van der Waals surface area contributed by atoms with Gasteiger partial charge in [0.15, 0.2) is 0 Å². The fourth-order valence-electron chi connectivity index (χ4n) is 2.16. The van der Waals surface area contributed by atoms with Crippen LogP contribution in [0, 0.1) is 11.8 Å². The fraction of sp³-hybridized carbons (Fsp3) is 0.833. The minimum Gasteiger partial charge on any atom is -0.481 e. The zero-order valence-corrected chi connectivity index (χ0v) is 10.9. The Bertz CT molecular complexity index is 308. The Balaban J connectivity index is 2.35. The van der Waals surface area contributed by atoms with E-state index in [1.165, 1.54) is 0 Å². The molecule has 0 aromatic rings. The van der Waals surface area contributed by atoms with Gasteiger partial charge in [-0.05, 0) is 18.8 Å². The second kappa shape index (κ2) is 6.58. The molecule has 6 nitrogen and oxygen atoms in total. The van der Waals surface area contributed by atoms with Gasteiger partial charge in [0.05, 0.1) is 18.6 Å². The number of aliphatic carboxylic acids is 1. The smallest absolute Gasteiger partial charge is 0.317 e. The summed E-state index contributed by atoms with van der Waals surface area (Å²) in [6, 6.07) is -0.335. The highest BCUT2D eigenvalue weighted by molar-refractivity contribution is 5.75. The number of aliphatic hydroxyl groups is 1. The summed E-state index contributed by atoms with van der Waals surface area (Å²) >= 11 is 0. The third kappa shape index (κ3) is 3.60. The Morgan fingerprint density at radius 1 is 1.50 bits per heavy atom. The van der Waals surface area contributed by atoms with Crippen LogP contribution in [-0.2, 0) is 4.79 Å². The first-order valence-electron chi connectivity index (χ1n) is 6.35. The SMILES string of the molecule is CC(CCNC(=O)N1CCC(C)C1CO)C(=O)O. The van der Waals surface area contributed by atoms with E-state index < -0.39 is 11.9 Å². The molecule has 0 aromatic carbocycles. The van der Waals surface area contributed by atoms with Crippen molar-refractivity contribution < 1.29 is 19.8 Å². The van der Waals surface area contributed by atoms with E-state index in [2.05, 4.69) is 5.32 Å². The first-order valence-corrected chi connectivity index (χ1v) is 6.35. The number of carbonyl (C=O) groups is 2. The molecule has 1 saturated heterocycles. The van der Waals surface area contributed by atoms with E-state index in [4.69, 9.17) is 5.11 Å². The van der Waals surface area contributed by atoms with Crippen molar-refractivity contribution in [2.75, 3.05) is 19.7 Å². The number of aliphatic hydroxyl groups excluding tert-OH is 1. The Labute approximate surface area is 107 Å². The molecule has 3 N–H and O–H groups in total. The average molecular weight is 258 g/mol. The number of likely N-dealkylation sites (tertiary alicyclic amines) is 1. The number of nitrogens with one attached hydrogen (secondary N) is 1. The second-order valence-electron chi connectivity index (χ2n) is 4.97. The van der Waals surface area contributed by atoms with E-state index in [-0.39, 0.29) is 18.7 Å². The number of hydrogen-bond acceptors (Lipinski definition) is 3. The molecule has 0 aromatic heterocycles. The molecule has 6 heteroatoms. The first kappa shape index (κ1) is 14.8. The summed E-state index contributed by atoms with van der Waals surface area (Å²) in [5.74, 6) is -1.01. The Hall–Kier alpha value is -1.30. The number of rotatable bonds is 5. The largest absolute Gasteiger partial charge is 0.481 e. The summed E-state index contributed by atoms with van der Waals surface area (Å²) in [6.07, 6.45) is 1.30. The molecular formula is C12H22N2O4. The molecular weight excluding hydrogens is 236 g/mol. The summed E-state index contributed by atoms with van der Waals surface area (Å²) in [5, 5.41) is 20.7. The molecule has 18 heavy (non-hydrogen) atoms. The van der Waals surface area contributed by atoms with Crippen molar-refractivity contribution in [3.63, 3.8) is 0 Å². The standard InChI is InChI=1S/C12H22N2O4/c1-8-4-6-14(10(8)7-15)12(18)13-5-3-9(2)11(16)17/h8-10,15H,3-7H2,1-2H3,(H,13,18)(H,16,17). The van der Waals surface area contributed by atoms with Crippen LogP contribution >= 0.6 is 0 Å². The van der Waals surface area contributed by atoms with Gasteiger partial charge in [0.25, 0.3) is 0 Å². The van der Waals surface area contributed by atoms with Crippen LogP contribution in [0.1, 0.15) is 26.7 Å². The molecule has 0 saturated carbocycles.